The van der Waals surface area contributed by atoms with Gasteiger partial charge in [-0.2, -0.15) is 0 Å². The number of carbonyl (C=O) groups excluding carboxylic acids is 1. The summed E-state index contributed by atoms with van der Waals surface area (Å²) in [5.74, 6) is -0.306. The molecule has 0 aromatic heterocycles. The van der Waals surface area contributed by atoms with Crippen molar-refractivity contribution in [3.8, 4) is 0 Å². The molecule has 0 aromatic carbocycles. The predicted octanol–water partition coefficient (Wildman–Crippen LogP) is 1.32. The van der Waals surface area contributed by atoms with Crippen LogP contribution in [0.15, 0.2) is 12.7 Å². The van der Waals surface area contributed by atoms with Crippen LogP contribution in [0.3, 0.4) is 0 Å². The van der Waals surface area contributed by atoms with Crippen molar-refractivity contribution in [1.82, 2.24) is 0 Å². The van der Waals surface area contributed by atoms with Crippen LogP contribution in [-0.2, 0) is 14.1 Å². The molecule has 0 aliphatic carbocycles. The minimum atomic E-state index is -4.64. The van der Waals surface area contributed by atoms with Gasteiger partial charge in [-0.1, -0.05) is 0 Å². The smallest absolute Gasteiger partial charge is 0.303 e. The van der Waals surface area contributed by atoms with Gasteiger partial charge in [0, 0.05) is 0 Å². The summed E-state index contributed by atoms with van der Waals surface area (Å²) in [7, 11) is -4.64. The molecule has 0 amide bonds. The fourth-order valence-corrected chi connectivity index (χ4v) is 1.61. The first-order valence-corrected chi connectivity index (χ1v) is 8.86. The van der Waals surface area contributed by atoms with Crippen molar-refractivity contribution in [2.75, 3.05) is 6.61 Å². The van der Waals surface area contributed by atoms with E-state index in [0.717, 1.165) is 6.42 Å². The van der Waals surface area contributed by atoms with Crippen LogP contribution in [-0.4, -0.2) is 55.2 Å². The van der Waals surface area contributed by atoms with Crippen LogP contribution in [0.4, 0.5) is 0 Å². The Bertz CT molecular complexity index is 257. The van der Waals surface area contributed by atoms with Gasteiger partial charge in [0.2, 0.25) is 0 Å². The summed E-state index contributed by atoms with van der Waals surface area (Å²) < 4.78 is 15.1. The summed E-state index contributed by atoms with van der Waals surface area (Å²) >= 11 is 1.33. The second-order valence-electron chi connectivity index (χ2n) is 3.65. The van der Waals surface area contributed by atoms with Gasteiger partial charge in [0.25, 0.3) is 0 Å². The first kappa shape index (κ1) is 20.6. The predicted molar refractivity (Wildman–Crippen MR) is 69.1 cm³/mol. The Balaban J connectivity index is 0. The molecule has 18 heavy (non-hydrogen) atoms. The van der Waals surface area contributed by atoms with E-state index in [1.165, 1.54) is 63.4 Å². The van der Waals surface area contributed by atoms with Gasteiger partial charge in [-0.05, 0) is 0 Å². The standard InChI is InChI=1S/C10H17O2.Na.H3O4P/c1-3-5-6-7-8-9-12-10(11)4-2;;1-5(2,3)4/h4H,1-3,5-9H2;;(H3,1,2,3,4). The van der Waals surface area contributed by atoms with E-state index in [4.69, 9.17) is 24.0 Å². The molecule has 0 bridgehead atoms. The normalized spacial score (nSPS) is 10.3. The fraction of sp³-hybridized carbons (Fsp3) is 0.700. The van der Waals surface area contributed by atoms with Crippen LogP contribution in [0.2, 0.25) is 3.67 Å². The number of hydrogen-bond donors (Lipinski definition) is 3. The van der Waals surface area contributed by atoms with Crippen LogP contribution in [0.25, 0.3) is 0 Å². The number of unbranched alkanes of at least 4 members (excludes halogenated alkanes) is 4. The Hall–Kier alpha value is 0.320. The molecule has 0 aliphatic rings. The Morgan fingerprint density at radius 3 is 2.06 bits per heavy atom. The van der Waals surface area contributed by atoms with E-state index in [9.17, 15) is 4.79 Å². The number of phosphoric acid groups is 1. The molecular weight excluding hydrogens is 270 g/mol. The maximum absolute atomic E-state index is 10.6. The molecule has 0 aliphatic heterocycles. The van der Waals surface area contributed by atoms with Crippen molar-refractivity contribution in [3.63, 3.8) is 0 Å². The Morgan fingerprint density at radius 2 is 1.61 bits per heavy atom. The molecule has 3 N–H and O–H groups in total. The van der Waals surface area contributed by atoms with Crippen LogP contribution in [0, 0.1) is 0 Å². The molecule has 0 heterocycles. The Labute approximate surface area is 125 Å². The molecule has 0 fully saturated rings. The molecule has 6 nitrogen and oxygen atoms in total. The SMILES string of the molecule is C=CC(=O)OCCCCCC[CH2][Na].O=P(O)(O)O. The van der Waals surface area contributed by atoms with Gasteiger partial charge >= 0.3 is 106 Å². The summed E-state index contributed by atoms with van der Waals surface area (Å²) in [6.07, 6.45) is 7.35. The van der Waals surface area contributed by atoms with Crippen molar-refractivity contribution in [1.29, 1.82) is 0 Å². The van der Waals surface area contributed by atoms with Crippen LogP contribution < -0.4 is 0 Å². The van der Waals surface area contributed by atoms with Gasteiger partial charge in [-0.25, -0.2) is 4.57 Å². The third kappa shape index (κ3) is 29.9. The quantitative estimate of drug-likeness (QED) is 0.205. The van der Waals surface area contributed by atoms with Crippen molar-refractivity contribution < 1.29 is 28.8 Å². The maximum Gasteiger partial charge on any atom is 0.466 e. The average molecular weight is 290 g/mol. The first-order chi connectivity index (χ1) is 8.31. The first-order valence-electron chi connectivity index (χ1n) is 5.88. The van der Waals surface area contributed by atoms with E-state index >= 15 is 0 Å². The van der Waals surface area contributed by atoms with E-state index in [1.54, 1.807) is 0 Å². The number of rotatable bonds is 8. The monoisotopic (exact) mass is 290 g/mol. The number of carbonyl (C=O) groups is 1. The minimum absolute atomic E-state index is 0.306. The van der Waals surface area contributed by atoms with Gasteiger partial charge in [-0.15, -0.1) is 0 Å². The average Bonchev–Trinajstić information content (AvgIpc) is 2.25. The Morgan fingerprint density at radius 1 is 1.17 bits per heavy atom. The molecule has 0 atom stereocenters. The molecular formula is C10H20NaO6P. The summed E-state index contributed by atoms with van der Waals surface area (Å²) in [6, 6.07) is 0. The van der Waals surface area contributed by atoms with Crippen LogP contribution in [0.5, 0.6) is 0 Å². The van der Waals surface area contributed by atoms with E-state index in [0.29, 0.717) is 6.61 Å². The molecule has 102 valence electrons. The zero-order valence-electron chi connectivity index (χ0n) is 10.7. The third-order valence-corrected chi connectivity index (χ3v) is 2.62. The molecule has 8 heteroatoms. The number of esters is 1. The molecule has 0 spiro atoms. The largest absolute Gasteiger partial charge is 0.466 e. The molecule has 0 radical (unpaired) electrons. The molecule has 0 aromatic rings. The number of ether oxygens (including phenoxy) is 1. The second-order valence-corrected chi connectivity index (χ2v) is 5.68. The Kier molecular flexibility index (Phi) is 15.8. The van der Waals surface area contributed by atoms with Gasteiger partial charge in [-0.3, -0.25) is 0 Å². The second kappa shape index (κ2) is 13.7. The molecule has 0 unspecified atom stereocenters. The topological polar surface area (TPSA) is 104 Å². The van der Waals surface area contributed by atoms with Gasteiger partial charge in [0.05, 0.1) is 0 Å². The van der Waals surface area contributed by atoms with E-state index in [-0.39, 0.29) is 5.97 Å². The third-order valence-electron chi connectivity index (χ3n) is 1.91. The van der Waals surface area contributed by atoms with Crippen molar-refractivity contribution in [3.05, 3.63) is 12.7 Å². The zero-order chi connectivity index (χ0) is 14.4. The summed E-state index contributed by atoms with van der Waals surface area (Å²) in [5.41, 5.74) is 0. The van der Waals surface area contributed by atoms with Crippen molar-refractivity contribution in [2.45, 2.75) is 35.8 Å². The van der Waals surface area contributed by atoms with Crippen molar-refractivity contribution in [2.24, 2.45) is 0 Å². The van der Waals surface area contributed by atoms with Gasteiger partial charge in [0.1, 0.15) is 0 Å². The van der Waals surface area contributed by atoms with Crippen LogP contribution in [0.1, 0.15) is 32.1 Å². The van der Waals surface area contributed by atoms with E-state index < -0.39 is 7.82 Å². The van der Waals surface area contributed by atoms with E-state index in [1.807, 2.05) is 0 Å². The van der Waals surface area contributed by atoms with Gasteiger partial charge < -0.3 is 14.7 Å². The summed E-state index contributed by atoms with van der Waals surface area (Å²) in [4.78, 5) is 32.2. The molecule has 0 rings (SSSR count). The van der Waals surface area contributed by atoms with Crippen molar-refractivity contribution >= 4 is 41.7 Å². The molecule has 0 saturated carbocycles. The number of hydrogen-bond acceptors (Lipinski definition) is 3. The minimum Gasteiger partial charge on any atom is -0.303 e. The summed E-state index contributed by atoms with van der Waals surface area (Å²) in [5, 5.41) is 0. The zero-order valence-corrected chi connectivity index (χ0v) is 13.6. The van der Waals surface area contributed by atoms with Crippen LogP contribution >= 0.6 is 7.82 Å². The maximum atomic E-state index is 10.6. The molecule has 0 saturated heterocycles. The van der Waals surface area contributed by atoms with E-state index in [2.05, 4.69) is 6.58 Å². The van der Waals surface area contributed by atoms with Gasteiger partial charge in [0.15, 0.2) is 0 Å². The fourth-order valence-electron chi connectivity index (χ4n) is 1.11. The summed E-state index contributed by atoms with van der Waals surface area (Å²) in [6.45, 7) is 3.88.